The highest BCUT2D eigenvalue weighted by molar-refractivity contribution is 5.69. The molecule has 1 fully saturated rings. The summed E-state index contributed by atoms with van der Waals surface area (Å²) in [5, 5.41) is 4.49. The van der Waals surface area contributed by atoms with Crippen LogP contribution in [0.15, 0.2) is 48.8 Å². The van der Waals surface area contributed by atoms with E-state index in [1.54, 1.807) is 0 Å². The van der Waals surface area contributed by atoms with Crippen molar-refractivity contribution in [3.8, 4) is 0 Å². The van der Waals surface area contributed by atoms with Crippen molar-refractivity contribution in [3.63, 3.8) is 0 Å². The second-order valence-electron chi connectivity index (χ2n) is 6.49. The number of hydrogen-bond acceptors (Lipinski definition) is 3. The Kier molecular flexibility index (Phi) is 3.74. The van der Waals surface area contributed by atoms with E-state index in [0.29, 0.717) is 0 Å². The molecule has 0 amide bonds. The SMILES string of the molecule is Cc1cc2c(N3CCC(Cc4ccccc4)CC3)nccn2n1. The molecule has 0 spiro atoms. The van der Waals surface area contributed by atoms with Crippen molar-refractivity contribution >= 4 is 11.3 Å². The van der Waals surface area contributed by atoms with Gasteiger partial charge in [0.15, 0.2) is 5.82 Å². The molecule has 3 aromatic rings. The highest BCUT2D eigenvalue weighted by atomic mass is 15.3. The number of anilines is 1. The largest absolute Gasteiger partial charge is 0.355 e. The number of piperidine rings is 1. The lowest BCUT2D eigenvalue weighted by Crippen LogP contribution is -2.35. The molecule has 1 aromatic carbocycles. The molecule has 1 aliphatic rings. The van der Waals surface area contributed by atoms with Gasteiger partial charge >= 0.3 is 0 Å². The molecule has 0 N–H and O–H groups in total. The quantitative estimate of drug-likeness (QED) is 0.742. The lowest BCUT2D eigenvalue weighted by Gasteiger charge is -2.33. The first-order valence-corrected chi connectivity index (χ1v) is 8.39. The minimum absolute atomic E-state index is 0.778. The van der Waals surface area contributed by atoms with Crippen LogP contribution in [0.1, 0.15) is 24.1 Å². The molecule has 0 saturated carbocycles. The Hall–Kier alpha value is -2.36. The minimum atomic E-state index is 0.778. The van der Waals surface area contributed by atoms with Crippen molar-refractivity contribution in [2.24, 2.45) is 5.92 Å². The molecule has 3 heterocycles. The Bertz CT molecular complexity index is 785. The molecule has 4 rings (SSSR count). The monoisotopic (exact) mass is 306 g/mol. The number of hydrogen-bond donors (Lipinski definition) is 0. The Balaban J connectivity index is 1.46. The van der Waals surface area contributed by atoms with Crippen molar-refractivity contribution < 1.29 is 0 Å². The summed E-state index contributed by atoms with van der Waals surface area (Å²) in [7, 11) is 0. The lowest BCUT2D eigenvalue weighted by molar-refractivity contribution is 0.402. The maximum atomic E-state index is 4.62. The van der Waals surface area contributed by atoms with Crippen molar-refractivity contribution in [2.75, 3.05) is 18.0 Å². The predicted octanol–water partition coefficient (Wildman–Crippen LogP) is 3.50. The number of aromatic nitrogens is 3. The number of benzene rings is 1. The molecule has 0 radical (unpaired) electrons. The fourth-order valence-corrected chi connectivity index (χ4v) is 3.57. The zero-order valence-electron chi connectivity index (χ0n) is 13.5. The summed E-state index contributed by atoms with van der Waals surface area (Å²) >= 11 is 0. The molecule has 4 nitrogen and oxygen atoms in total. The van der Waals surface area contributed by atoms with Gasteiger partial charge in [-0.1, -0.05) is 30.3 Å². The first kappa shape index (κ1) is 14.2. The highest BCUT2D eigenvalue weighted by Crippen LogP contribution is 2.27. The van der Waals surface area contributed by atoms with Gasteiger partial charge in [-0.2, -0.15) is 5.10 Å². The van der Waals surface area contributed by atoms with Gasteiger partial charge in [-0.05, 0) is 43.7 Å². The summed E-state index contributed by atoms with van der Waals surface area (Å²) in [6.07, 6.45) is 7.42. The Morgan fingerprint density at radius 1 is 1.13 bits per heavy atom. The maximum absolute atomic E-state index is 4.62. The number of rotatable bonds is 3. The molecule has 4 heteroatoms. The molecule has 0 bridgehead atoms. The third-order valence-corrected chi connectivity index (χ3v) is 4.77. The van der Waals surface area contributed by atoms with Crippen LogP contribution in [0.5, 0.6) is 0 Å². The Labute approximate surface area is 136 Å². The fourth-order valence-electron chi connectivity index (χ4n) is 3.57. The zero-order chi connectivity index (χ0) is 15.6. The van der Waals surface area contributed by atoms with Crippen LogP contribution in [0.2, 0.25) is 0 Å². The van der Waals surface area contributed by atoms with Crippen molar-refractivity contribution in [1.29, 1.82) is 0 Å². The van der Waals surface area contributed by atoms with Crippen LogP contribution in [-0.4, -0.2) is 27.7 Å². The molecule has 1 saturated heterocycles. The normalized spacial score (nSPS) is 16.1. The summed E-state index contributed by atoms with van der Waals surface area (Å²) in [5.41, 5.74) is 3.61. The van der Waals surface area contributed by atoms with Gasteiger partial charge in [-0.15, -0.1) is 0 Å². The topological polar surface area (TPSA) is 33.4 Å². The van der Waals surface area contributed by atoms with Crippen molar-refractivity contribution in [1.82, 2.24) is 14.6 Å². The van der Waals surface area contributed by atoms with Gasteiger partial charge in [0.1, 0.15) is 5.52 Å². The highest BCUT2D eigenvalue weighted by Gasteiger charge is 2.22. The average molecular weight is 306 g/mol. The summed E-state index contributed by atoms with van der Waals surface area (Å²) in [6, 6.07) is 13.0. The van der Waals surface area contributed by atoms with Crippen LogP contribution in [0.25, 0.3) is 5.52 Å². The van der Waals surface area contributed by atoms with E-state index >= 15 is 0 Å². The van der Waals surface area contributed by atoms with E-state index in [1.165, 1.54) is 24.8 Å². The van der Waals surface area contributed by atoms with Crippen LogP contribution >= 0.6 is 0 Å². The molecule has 1 aliphatic heterocycles. The number of nitrogens with zero attached hydrogens (tertiary/aromatic N) is 4. The summed E-state index contributed by atoms with van der Waals surface area (Å²) in [5.74, 6) is 1.85. The third-order valence-electron chi connectivity index (χ3n) is 4.77. The van der Waals surface area contributed by atoms with E-state index in [0.717, 1.165) is 36.0 Å². The third kappa shape index (κ3) is 2.93. The van der Waals surface area contributed by atoms with Gasteiger partial charge in [0.2, 0.25) is 0 Å². The van der Waals surface area contributed by atoms with Gasteiger partial charge in [0.05, 0.1) is 5.69 Å². The van der Waals surface area contributed by atoms with Gasteiger partial charge in [-0.3, -0.25) is 0 Å². The molecule has 0 unspecified atom stereocenters. The van der Waals surface area contributed by atoms with Gasteiger partial charge in [0, 0.05) is 25.5 Å². The lowest BCUT2D eigenvalue weighted by atomic mass is 9.90. The smallest absolute Gasteiger partial charge is 0.154 e. The van der Waals surface area contributed by atoms with Crippen molar-refractivity contribution in [2.45, 2.75) is 26.2 Å². The van der Waals surface area contributed by atoms with Crippen molar-refractivity contribution in [3.05, 3.63) is 60.0 Å². The van der Waals surface area contributed by atoms with E-state index in [-0.39, 0.29) is 0 Å². The van der Waals surface area contributed by atoms with E-state index < -0.39 is 0 Å². The Morgan fingerprint density at radius 2 is 1.91 bits per heavy atom. The van der Waals surface area contributed by atoms with Crippen LogP contribution in [0, 0.1) is 12.8 Å². The first-order chi connectivity index (χ1) is 11.3. The molecule has 2 aromatic heterocycles. The molecule has 23 heavy (non-hydrogen) atoms. The molecular formula is C19H22N4. The summed E-state index contributed by atoms with van der Waals surface area (Å²) < 4.78 is 1.94. The molecular weight excluding hydrogens is 284 g/mol. The van der Waals surface area contributed by atoms with E-state index in [4.69, 9.17) is 0 Å². The summed E-state index contributed by atoms with van der Waals surface area (Å²) in [4.78, 5) is 7.03. The molecule has 118 valence electrons. The van der Waals surface area contributed by atoms with Crippen LogP contribution in [0.3, 0.4) is 0 Å². The standard InChI is InChI=1S/C19H22N4/c1-15-13-18-19(20-9-12-23(18)21-15)22-10-7-17(8-11-22)14-16-5-3-2-4-6-16/h2-6,9,12-13,17H,7-8,10-11,14H2,1H3. The van der Waals surface area contributed by atoms with Crippen LogP contribution in [-0.2, 0) is 6.42 Å². The second kappa shape index (κ2) is 6.03. The van der Waals surface area contributed by atoms with E-state index in [2.05, 4.69) is 51.4 Å². The van der Waals surface area contributed by atoms with Crippen LogP contribution < -0.4 is 4.90 Å². The first-order valence-electron chi connectivity index (χ1n) is 8.39. The molecule has 0 aliphatic carbocycles. The average Bonchev–Trinajstić information content (AvgIpc) is 2.97. The molecule has 0 atom stereocenters. The zero-order valence-corrected chi connectivity index (χ0v) is 13.5. The maximum Gasteiger partial charge on any atom is 0.154 e. The van der Waals surface area contributed by atoms with Gasteiger partial charge in [0.25, 0.3) is 0 Å². The van der Waals surface area contributed by atoms with E-state index in [1.807, 2.05) is 23.8 Å². The fraction of sp³-hybridized carbons (Fsp3) is 0.368. The predicted molar refractivity (Wildman–Crippen MR) is 92.8 cm³/mol. The minimum Gasteiger partial charge on any atom is -0.355 e. The second-order valence-corrected chi connectivity index (χ2v) is 6.49. The van der Waals surface area contributed by atoms with Crippen LogP contribution in [0.4, 0.5) is 5.82 Å². The van der Waals surface area contributed by atoms with Gasteiger partial charge < -0.3 is 4.90 Å². The number of aryl methyl sites for hydroxylation is 1. The van der Waals surface area contributed by atoms with E-state index in [9.17, 15) is 0 Å². The number of fused-ring (bicyclic) bond motifs is 1. The Morgan fingerprint density at radius 3 is 2.70 bits per heavy atom. The van der Waals surface area contributed by atoms with Gasteiger partial charge in [-0.25, -0.2) is 9.50 Å². The summed E-state index contributed by atoms with van der Waals surface area (Å²) in [6.45, 7) is 4.19.